The number of nitrogens with one attached hydrogen (secondary N) is 1. The molecule has 0 spiro atoms. The molecule has 0 radical (unpaired) electrons. The number of aromatic nitrogens is 2. The van der Waals surface area contributed by atoms with E-state index in [0.717, 1.165) is 5.52 Å². The third kappa shape index (κ3) is 2.12. The van der Waals surface area contributed by atoms with Gasteiger partial charge in [0.15, 0.2) is 4.77 Å². The molecule has 1 aromatic heterocycles. The van der Waals surface area contributed by atoms with E-state index in [1.54, 1.807) is 22.8 Å². The maximum atomic E-state index is 14.1. The number of hydrogen-bond acceptors (Lipinski definition) is 1. The maximum absolute atomic E-state index is 14.1. The zero-order valence-electron chi connectivity index (χ0n) is 9.45. The first-order chi connectivity index (χ1) is 9.08. The molecule has 2 aromatic carbocycles. The summed E-state index contributed by atoms with van der Waals surface area (Å²) in [5.41, 5.74) is 1.82. The topological polar surface area (TPSA) is 20.7 Å². The fourth-order valence-corrected chi connectivity index (χ4v) is 2.90. The minimum Gasteiger partial charge on any atom is -0.330 e. The van der Waals surface area contributed by atoms with Gasteiger partial charge in [-0.3, -0.25) is 4.57 Å². The molecule has 0 unspecified atom stereocenters. The number of imidazole rings is 1. The van der Waals surface area contributed by atoms with Crippen molar-refractivity contribution in [3.05, 3.63) is 56.5 Å². The zero-order valence-corrected chi connectivity index (χ0v) is 12.6. The van der Waals surface area contributed by atoms with E-state index in [2.05, 4.69) is 20.9 Å². The Hall–Kier alpha value is -1.17. The van der Waals surface area contributed by atoms with Crippen LogP contribution < -0.4 is 0 Å². The molecule has 0 fully saturated rings. The number of para-hydroxylation sites is 1. The molecule has 0 aliphatic carbocycles. The van der Waals surface area contributed by atoms with Gasteiger partial charge in [0.2, 0.25) is 0 Å². The monoisotopic (exact) mass is 356 g/mol. The molecule has 0 atom stereocenters. The molecule has 2 nitrogen and oxygen atoms in total. The number of nitrogens with zero attached hydrogens (tertiary/aromatic N) is 1. The third-order valence-electron chi connectivity index (χ3n) is 2.81. The van der Waals surface area contributed by atoms with E-state index in [4.69, 9.17) is 23.8 Å². The molecule has 6 heteroatoms. The fourth-order valence-electron chi connectivity index (χ4n) is 2.01. The van der Waals surface area contributed by atoms with Gasteiger partial charge in [-0.05, 0) is 42.5 Å². The Labute approximate surface area is 127 Å². The van der Waals surface area contributed by atoms with Gasteiger partial charge in [-0.2, -0.15) is 0 Å². The van der Waals surface area contributed by atoms with Crippen LogP contribution in [0.4, 0.5) is 4.39 Å². The van der Waals surface area contributed by atoms with Crippen molar-refractivity contribution < 1.29 is 4.39 Å². The maximum Gasteiger partial charge on any atom is 0.182 e. The number of rotatable bonds is 1. The average Bonchev–Trinajstić information content (AvgIpc) is 2.67. The Kier molecular flexibility index (Phi) is 3.20. The van der Waals surface area contributed by atoms with E-state index in [1.807, 2.05) is 12.1 Å². The van der Waals surface area contributed by atoms with Gasteiger partial charge in [0.1, 0.15) is 5.82 Å². The summed E-state index contributed by atoms with van der Waals surface area (Å²) in [5, 5.41) is 0.521. The van der Waals surface area contributed by atoms with Crippen molar-refractivity contribution in [1.82, 2.24) is 9.55 Å². The normalized spacial score (nSPS) is 11.1. The van der Waals surface area contributed by atoms with Gasteiger partial charge < -0.3 is 4.98 Å². The summed E-state index contributed by atoms with van der Waals surface area (Å²) in [6.45, 7) is 0. The van der Waals surface area contributed by atoms with E-state index in [1.165, 1.54) is 6.07 Å². The molecule has 0 amide bonds. The number of benzene rings is 2. The summed E-state index contributed by atoms with van der Waals surface area (Å²) in [6.07, 6.45) is 0. The van der Waals surface area contributed by atoms with Crippen molar-refractivity contribution in [2.45, 2.75) is 0 Å². The number of hydrogen-bond donors (Lipinski definition) is 1. The van der Waals surface area contributed by atoms with Gasteiger partial charge in [-0.15, -0.1) is 0 Å². The minimum absolute atomic E-state index is 0.368. The van der Waals surface area contributed by atoms with Crippen molar-refractivity contribution in [3.8, 4) is 5.69 Å². The number of aromatic amines is 1. The second-order valence-electron chi connectivity index (χ2n) is 4.00. The Morgan fingerprint density at radius 1 is 1.26 bits per heavy atom. The van der Waals surface area contributed by atoms with Crippen LogP contribution in [0.3, 0.4) is 0 Å². The van der Waals surface area contributed by atoms with Gasteiger partial charge in [0, 0.05) is 4.47 Å². The summed E-state index contributed by atoms with van der Waals surface area (Å²) >= 11 is 14.7. The van der Waals surface area contributed by atoms with Crippen molar-refractivity contribution in [1.29, 1.82) is 0 Å². The van der Waals surface area contributed by atoms with E-state index in [-0.39, 0.29) is 5.82 Å². The second-order valence-corrected chi connectivity index (χ2v) is 5.71. The van der Waals surface area contributed by atoms with Crippen molar-refractivity contribution >= 4 is 50.8 Å². The standard InChI is InChI=1S/C13H7BrClFN2S/c14-7-4-5-11(9(16)6-7)18-12-8(15)2-1-3-10(12)17-13(18)19/h1-6H,(H,17,19). The summed E-state index contributed by atoms with van der Waals surface area (Å²) < 4.78 is 16.8. The molecule has 1 N–H and O–H groups in total. The molecule has 1 heterocycles. The molecule has 0 saturated heterocycles. The summed E-state index contributed by atoms with van der Waals surface area (Å²) in [6, 6.07) is 10.2. The smallest absolute Gasteiger partial charge is 0.182 e. The molecule has 19 heavy (non-hydrogen) atoms. The highest BCUT2D eigenvalue weighted by atomic mass is 79.9. The Bertz CT molecular complexity index is 840. The van der Waals surface area contributed by atoms with E-state index in [9.17, 15) is 4.39 Å². The van der Waals surface area contributed by atoms with Gasteiger partial charge in [0.25, 0.3) is 0 Å². The van der Waals surface area contributed by atoms with Gasteiger partial charge in [-0.1, -0.05) is 33.6 Å². The van der Waals surface area contributed by atoms with Crippen LogP contribution in [0.25, 0.3) is 16.7 Å². The number of fused-ring (bicyclic) bond motifs is 1. The average molecular weight is 358 g/mol. The summed E-state index contributed by atoms with van der Waals surface area (Å²) in [5.74, 6) is -0.369. The van der Waals surface area contributed by atoms with Crippen LogP contribution in [0.5, 0.6) is 0 Å². The minimum atomic E-state index is -0.369. The van der Waals surface area contributed by atoms with E-state index < -0.39 is 0 Å². The van der Waals surface area contributed by atoms with E-state index in [0.29, 0.717) is 25.5 Å². The number of halogens is 3. The van der Waals surface area contributed by atoms with Gasteiger partial charge in [-0.25, -0.2) is 4.39 Å². The molecule has 0 saturated carbocycles. The number of H-pyrrole nitrogens is 1. The van der Waals surface area contributed by atoms with Gasteiger partial charge >= 0.3 is 0 Å². The zero-order chi connectivity index (χ0) is 13.6. The lowest BCUT2D eigenvalue weighted by molar-refractivity contribution is 0.618. The molecule has 0 aliphatic heterocycles. The summed E-state index contributed by atoms with van der Waals surface area (Å²) in [4.78, 5) is 3.02. The highest BCUT2D eigenvalue weighted by Crippen LogP contribution is 2.28. The van der Waals surface area contributed by atoms with Crippen molar-refractivity contribution in [2.24, 2.45) is 0 Å². The van der Waals surface area contributed by atoms with E-state index >= 15 is 0 Å². The highest BCUT2D eigenvalue weighted by Gasteiger charge is 2.13. The molecular formula is C13H7BrClFN2S. The lowest BCUT2D eigenvalue weighted by atomic mass is 10.2. The fraction of sp³-hybridized carbons (Fsp3) is 0. The predicted octanol–water partition coefficient (Wildman–Crippen LogP) is 5.24. The molecule has 3 aromatic rings. The summed E-state index contributed by atoms with van der Waals surface area (Å²) in [7, 11) is 0. The van der Waals surface area contributed by atoms with Gasteiger partial charge in [0.05, 0.1) is 21.7 Å². The largest absolute Gasteiger partial charge is 0.330 e. The quantitative estimate of drug-likeness (QED) is 0.590. The third-order valence-corrected chi connectivity index (χ3v) is 3.89. The lowest BCUT2D eigenvalue weighted by Crippen LogP contribution is -1.98. The molecule has 96 valence electrons. The molecule has 0 bridgehead atoms. The molecule has 0 aliphatic rings. The lowest BCUT2D eigenvalue weighted by Gasteiger charge is -2.07. The van der Waals surface area contributed by atoms with Crippen LogP contribution in [0.1, 0.15) is 0 Å². The Balaban J connectivity index is 2.42. The molecule has 3 rings (SSSR count). The van der Waals surface area contributed by atoms with Crippen LogP contribution in [-0.2, 0) is 0 Å². The van der Waals surface area contributed by atoms with Crippen LogP contribution in [0.15, 0.2) is 40.9 Å². The van der Waals surface area contributed by atoms with Crippen LogP contribution in [0, 0.1) is 10.6 Å². The Morgan fingerprint density at radius 3 is 2.79 bits per heavy atom. The van der Waals surface area contributed by atoms with Crippen molar-refractivity contribution in [2.75, 3.05) is 0 Å². The SMILES string of the molecule is Fc1cc(Br)ccc1-n1c(=S)[nH]c2cccc(Cl)c21. The van der Waals surface area contributed by atoms with Crippen molar-refractivity contribution in [3.63, 3.8) is 0 Å². The first-order valence-electron chi connectivity index (χ1n) is 5.42. The van der Waals surface area contributed by atoms with Crippen LogP contribution >= 0.6 is 39.7 Å². The second kappa shape index (κ2) is 4.74. The highest BCUT2D eigenvalue weighted by molar-refractivity contribution is 9.10. The predicted molar refractivity (Wildman–Crippen MR) is 81.1 cm³/mol. The first kappa shape index (κ1) is 12.8. The van der Waals surface area contributed by atoms with Crippen LogP contribution in [-0.4, -0.2) is 9.55 Å². The Morgan fingerprint density at radius 2 is 2.05 bits per heavy atom. The molecular weight excluding hydrogens is 351 g/mol. The first-order valence-corrected chi connectivity index (χ1v) is 7.00. The van der Waals surface area contributed by atoms with Crippen LogP contribution in [0.2, 0.25) is 5.02 Å².